The predicted molar refractivity (Wildman–Crippen MR) is 109 cm³/mol. The average Bonchev–Trinajstić information content (AvgIpc) is 3.59. The minimum atomic E-state index is -0.752. The number of carboxylic acids is 1. The van der Waals surface area contributed by atoms with Crippen LogP contribution in [0.4, 0.5) is 0 Å². The van der Waals surface area contributed by atoms with Gasteiger partial charge in [-0.15, -0.1) is 0 Å². The van der Waals surface area contributed by atoms with E-state index in [0.29, 0.717) is 25.0 Å². The Morgan fingerprint density at radius 1 is 1.29 bits per heavy atom. The Kier molecular flexibility index (Phi) is 7.32. The van der Waals surface area contributed by atoms with E-state index in [1.807, 2.05) is 12.2 Å². The van der Waals surface area contributed by atoms with Crippen molar-refractivity contribution in [3.05, 3.63) is 12.2 Å². The molecule has 3 unspecified atom stereocenters. The van der Waals surface area contributed by atoms with Crippen LogP contribution in [0.15, 0.2) is 12.2 Å². The number of nitrogens with zero attached hydrogens (tertiary/aromatic N) is 1. The van der Waals surface area contributed by atoms with E-state index >= 15 is 0 Å². The molecule has 3 rings (SSSR count). The zero-order valence-corrected chi connectivity index (χ0v) is 17.3. The van der Waals surface area contributed by atoms with E-state index in [4.69, 9.17) is 5.11 Å². The molecule has 3 fully saturated rings. The number of allylic oxidation sites excluding steroid dienone is 1. The van der Waals surface area contributed by atoms with Gasteiger partial charge in [-0.25, -0.2) is 0 Å². The van der Waals surface area contributed by atoms with Crippen LogP contribution in [0, 0.1) is 17.3 Å². The Morgan fingerprint density at radius 3 is 2.68 bits per heavy atom. The molecule has 158 valence electrons. The molecule has 5 heteroatoms. The molecule has 0 radical (unpaired) electrons. The number of carbonyl (C=O) groups is 2. The molecule has 2 N–H and O–H groups in total. The minimum Gasteiger partial charge on any atom is -0.481 e. The second-order valence-corrected chi connectivity index (χ2v) is 9.46. The predicted octanol–water partition coefficient (Wildman–Crippen LogP) is 3.80. The Balaban J connectivity index is 1.36. The van der Waals surface area contributed by atoms with Gasteiger partial charge in [0, 0.05) is 13.0 Å². The molecule has 1 saturated heterocycles. The lowest BCUT2D eigenvalue weighted by Crippen LogP contribution is -2.34. The summed E-state index contributed by atoms with van der Waals surface area (Å²) in [5, 5.41) is 19.6. The molecule has 28 heavy (non-hydrogen) atoms. The Hall–Kier alpha value is -1.20. The largest absolute Gasteiger partial charge is 0.481 e. The zero-order valence-electron chi connectivity index (χ0n) is 17.3. The molecule has 0 bridgehead atoms. The maximum absolute atomic E-state index is 12.2. The highest BCUT2D eigenvalue weighted by atomic mass is 16.4. The van der Waals surface area contributed by atoms with Crippen LogP contribution in [-0.4, -0.2) is 52.1 Å². The molecular weight excluding hydrogens is 354 g/mol. The summed E-state index contributed by atoms with van der Waals surface area (Å²) in [5.74, 6) is 0.118. The highest BCUT2D eigenvalue weighted by Crippen LogP contribution is 2.57. The smallest absolute Gasteiger partial charge is 0.306 e. The van der Waals surface area contributed by atoms with Crippen molar-refractivity contribution in [3.63, 3.8) is 0 Å². The van der Waals surface area contributed by atoms with Crippen molar-refractivity contribution in [1.29, 1.82) is 0 Å². The first-order valence-electron chi connectivity index (χ1n) is 11.2. The molecule has 1 heterocycles. The fraction of sp³-hybridized carbons (Fsp3) is 0.826. The quantitative estimate of drug-likeness (QED) is 0.467. The van der Waals surface area contributed by atoms with Gasteiger partial charge in [0.15, 0.2) is 5.78 Å². The second-order valence-electron chi connectivity index (χ2n) is 9.46. The number of aliphatic hydroxyl groups is 1. The normalized spacial score (nSPS) is 26.6. The topological polar surface area (TPSA) is 77.8 Å². The number of Topliss-reactive ketones (excluding diaryl/α,β-unsaturated/α-hetero) is 1. The first-order chi connectivity index (χ1) is 13.4. The van der Waals surface area contributed by atoms with Crippen LogP contribution in [0.5, 0.6) is 0 Å². The summed E-state index contributed by atoms with van der Waals surface area (Å²) >= 11 is 0. The lowest BCUT2D eigenvalue weighted by molar-refractivity contribution is -0.141. The molecule has 0 aromatic carbocycles. The molecule has 5 nitrogen and oxygen atoms in total. The van der Waals surface area contributed by atoms with Gasteiger partial charge < -0.3 is 10.2 Å². The van der Waals surface area contributed by atoms with Crippen molar-refractivity contribution >= 4 is 11.8 Å². The third-order valence-corrected chi connectivity index (χ3v) is 7.09. The zero-order chi connectivity index (χ0) is 20.1. The Bertz CT molecular complexity index is 579. The van der Waals surface area contributed by atoms with Gasteiger partial charge in [0.2, 0.25) is 0 Å². The lowest BCUT2D eigenvalue weighted by Gasteiger charge is -2.25. The van der Waals surface area contributed by atoms with E-state index in [-0.39, 0.29) is 23.5 Å². The highest BCUT2D eigenvalue weighted by molar-refractivity contribution is 5.86. The summed E-state index contributed by atoms with van der Waals surface area (Å²) in [6.07, 6.45) is 14.7. The molecule has 0 aromatic heterocycles. The van der Waals surface area contributed by atoms with Gasteiger partial charge >= 0.3 is 5.97 Å². The fourth-order valence-electron chi connectivity index (χ4n) is 4.67. The van der Waals surface area contributed by atoms with Gasteiger partial charge in [0.25, 0.3) is 0 Å². The number of hydrogen-bond acceptors (Lipinski definition) is 4. The number of carboxylic acid groups (broad SMARTS) is 1. The second kappa shape index (κ2) is 9.53. The van der Waals surface area contributed by atoms with E-state index in [9.17, 15) is 14.7 Å². The lowest BCUT2D eigenvalue weighted by atomic mass is 9.89. The van der Waals surface area contributed by atoms with Crippen molar-refractivity contribution in [2.24, 2.45) is 17.3 Å². The maximum Gasteiger partial charge on any atom is 0.306 e. The number of carbonyl (C=O) groups excluding carboxylic acids is 1. The first kappa shape index (κ1) is 21.5. The molecule has 0 aromatic rings. The number of likely N-dealkylation sites (tertiary alicyclic amines) is 1. The molecule has 0 amide bonds. The van der Waals surface area contributed by atoms with Gasteiger partial charge in [-0.2, -0.15) is 0 Å². The van der Waals surface area contributed by atoms with E-state index in [1.165, 1.54) is 32.1 Å². The fourth-order valence-corrected chi connectivity index (χ4v) is 4.67. The van der Waals surface area contributed by atoms with Crippen molar-refractivity contribution in [2.45, 2.75) is 89.7 Å². The van der Waals surface area contributed by atoms with Crippen LogP contribution >= 0.6 is 0 Å². The molecule has 2 aliphatic carbocycles. The van der Waals surface area contributed by atoms with Gasteiger partial charge in [0.05, 0.1) is 18.1 Å². The van der Waals surface area contributed by atoms with Crippen molar-refractivity contribution < 1.29 is 19.8 Å². The number of rotatable bonds is 13. The van der Waals surface area contributed by atoms with Crippen molar-refractivity contribution in [2.75, 3.05) is 13.1 Å². The number of aliphatic hydroxyl groups excluding tert-OH is 1. The van der Waals surface area contributed by atoms with Crippen LogP contribution in [0.1, 0.15) is 77.6 Å². The summed E-state index contributed by atoms with van der Waals surface area (Å²) in [6.45, 7) is 3.44. The average molecular weight is 392 g/mol. The van der Waals surface area contributed by atoms with Crippen LogP contribution < -0.4 is 0 Å². The van der Waals surface area contributed by atoms with E-state index in [1.54, 1.807) is 6.92 Å². The van der Waals surface area contributed by atoms with E-state index < -0.39 is 5.97 Å². The molecule has 3 atom stereocenters. The molecular formula is C23H37NO4. The van der Waals surface area contributed by atoms with Crippen molar-refractivity contribution in [3.8, 4) is 0 Å². The summed E-state index contributed by atoms with van der Waals surface area (Å²) in [6, 6.07) is -0.0355. The number of aliphatic carboxylic acids is 1. The molecule has 1 aliphatic heterocycles. The monoisotopic (exact) mass is 391 g/mol. The van der Waals surface area contributed by atoms with Crippen LogP contribution in [0.25, 0.3) is 0 Å². The highest BCUT2D eigenvalue weighted by Gasteiger charge is 2.50. The van der Waals surface area contributed by atoms with Gasteiger partial charge in [-0.1, -0.05) is 31.9 Å². The first-order valence-corrected chi connectivity index (χ1v) is 11.2. The Morgan fingerprint density at radius 2 is 2.04 bits per heavy atom. The van der Waals surface area contributed by atoms with Gasteiger partial charge in [-0.3, -0.25) is 14.5 Å². The van der Waals surface area contributed by atoms with E-state index in [0.717, 1.165) is 38.3 Å². The summed E-state index contributed by atoms with van der Waals surface area (Å²) < 4.78 is 0. The van der Waals surface area contributed by atoms with E-state index in [2.05, 4.69) is 4.90 Å². The maximum atomic E-state index is 12.2. The third-order valence-electron chi connectivity index (χ3n) is 7.09. The van der Waals surface area contributed by atoms with Crippen molar-refractivity contribution in [1.82, 2.24) is 4.90 Å². The van der Waals surface area contributed by atoms with Gasteiger partial charge in [-0.05, 0) is 69.2 Å². The van der Waals surface area contributed by atoms with Crippen LogP contribution in [0.2, 0.25) is 0 Å². The minimum absolute atomic E-state index is 0.0355. The van der Waals surface area contributed by atoms with Crippen LogP contribution in [0.3, 0.4) is 0 Å². The summed E-state index contributed by atoms with van der Waals surface area (Å²) in [7, 11) is 0. The Labute approximate surface area is 169 Å². The number of ketones is 1. The standard InChI is InChI=1S/C23H37NO4/c1-17(22(27)28)6-3-2-4-7-19-20(25)11-15-24(19)14-5-8-21(26)23(12-13-23)16-18-9-10-18/h2,4,17-19,21,26H,3,5-16H2,1H3,(H,27,28). The van der Waals surface area contributed by atoms with Crippen LogP contribution in [-0.2, 0) is 9.59 Å². The molecule has 3 aliphatic rings. The molecule has 2 saturated carbocycles. The summed E-state index contributed by atoms with van der Waals surface area (Å²) in [5.41, 5.74) is 0.233. The van der Waals surface area contributed by atoms with Gasteiger partial charge in [0.1, 0.15) is 0 Å². The third kappa shape index (κ3) is 5.90. The molecule has 0 spiro atoms. The SMILES string of the molecule is CC(CCC=CCC1C(=O)CCN1CCCC(O)C1(CC2CC2)CC1)C(=O)O. The number of hydrogen-bond donors (Lipinski definition) is 2. The summed E-state index contributed by atoms with van der Waals surface area (Å²) in [4.78, 5) is 25.3.